The Balaban J connectivity index is 2.55. The highest BCUT2D eigenvalue weighted by molar-refractivity contribution is 5.83. The first kappa shape index (κ1) is 15.8. The van der Waals surface area contributed by atoms with E-state index in [1.807, 2.05) is 0 Å². The molecule has 0 heterocycles. The van der Waals surface area contributed by atoms with Crippen molar-refractivity contribution in [2.45, 2.75) is 65.5 Å². The van der Waals surface area contributed by atoms with Crippen molar-refractivity contribution in [1.29, 1.82) is 0 Å². The molecule has 3 N–H and O–H groups in total. The molecule has 1 fully saturated rings. The van der Waals surface area contributed by atoms with Crippen molar-refractivity contribution in [3.63, 3.8) is 0 Å². The summed E-state index contributed by atoms with van der Waals surface area (Å²) in [4.78, 5) is 23.1. The van der Waals surface area contributed by atoms with Gasteiger partial charge in [0.15, 0.2) is 0 Å². The van der Waals surface area contributed by atoms with Crippen molar-refractivity contribution in [1.82, 2.24) is 10.6 Å². The van der Waals surface area contributed by atoms with Crippen molar-refractivity contribution in [3.8, 4) is 0 Å². The van der Waals surface area contributed by atoms with E-state index in [1.54, 1.807) is 20.8 Å². The zero-order chi connectivity index (χ0) is 14.6. The molecule has 0 aromatic heterocycles. The second kappa shape index (κ2) is 6.26. The van der Waals surface area contributed by atoms with Gasteiger partial charge < -0.3 is 15.7 Å². The average Bonchev–Trinajstić information content (AvgIpc) is 2.27. The molecule has 110 valence electrons. The first-order valence-corrected chi connectivity index (χ1v) is 7.01. The van der Waals surface area contributed by atoms with Crippen LogP contribution in [0.2, 0.25) is 0 Å². The van der Waals surface area contributed by atoms with Gasteiger partial charge in [0.2, 0.25) is 0 Å². The van der Waals surface area contributed by atoms with Crippen LogP contribution in [0.1, 0.15) is 53.4 Å². The Hall–Kier alpha value is -1.26. The van der Waals surface area contributed by atoms with Crippen LogP contribution in [0.5, 0.6) is 0 Å². The van der Waals surface area contributed by atoms with Crippen LogP contribution < -0.4 is 10.6 Å². The van der Waals surface area contributed by atoms with Crippen LogP contribution in [0, 0.1) is 11.3 Å². The molecule has 0 saturated heterocycles. The second-order valence-electron chi connectivity index (χ2n) is 6.62. The highest BCUT2D eigenvalue weighted by Crippen LogP contribution is 2.24. The fraction of sp³-hybridized carbons (Fsp3) is 0.857. The van der Waals surface area contributed by atoms with Gasteiger partial charge in [-0.1, -0.05) is 40.5 Å². The van der Waals surface area contributed by atoms with Crippen LogP contribution in [0.4, 0.5) is 4.79 Å². The number of carboxylic acids is 1. The van der Waals surface area contributed by atoms with Gasteiger partial charge in [-0.05, 0) is 24.2 Å². The summed E-state index contributed by atoms with van der Waals surface area (Å²) in [7, 11) is 0. The lowest BCUT2D eigenvalue weighted by atomic mass is 9.85. The van der Waals surface area contributed by atoms with Crippen LogP contribution in [0.25, 0.3) is 0 Å². The minimum Gasteiger partial charge on any atom is -0.480 e. The Kier molecular flexibility index (Phi) is 5.20. The molecule has 5 nitrogen and oxygen atoms in total. The topological polar surface area (TPSA) is 78.4 Å². The number of aliphatic carboxylic acids is 1. The molecule has 1 rings (SSSR count). The number of carboxylic acid groups (broad SMARTS) is 1. The molecule has 19 heavy (non-hydrogen) atoms. The average molecular weight is 270 g/mol. The summed E-state index contributed by atoms with van der Waals surface area (Å²) in [5, 5.41) is 14.7. The standard InChI is InChI=1S/C14H26N2O3/c1-9-7-5-6-8-10(9)15-13(19)16-11(12(17)18)14(2,3)4/h9-11H,5-8H2,1-4H3,(H,17,18)(H2,15,16,19)/t9?,10?,11-/m1/s1. The lowest BCUT2D eigenvalue weighted by Crippen LogP contribution is -2.55. The van der Waals surface area contributed by atoms with Crippen molar-refractivity contribution in [2.75, 3.05) is 0 Å². The summed E-state index contributed by atoms with van der Waals surface area (Å²) in [6.07, 6.45) is 4.42. The van der Waals surface area contributed by atoms with Crippen LogP contribution >= 0.6 is 0 Å². The molecular weight excluding hydrogens is 244 g/mol. The minimum atomic E-state index is -1.00. The summed E-state index contributed by atoms with van der Waals surface area (Å²) in [5.74, 6) is -0.545. The number of rotatable bonds is 3. The van der Waals surface area contributed by atoms with Gasteiger partial charge in [0.05, 0.1) is 0 Å². The van der Waals surface area contributed by atoms with E-state index in [9.17, 15) is 14.7 Å². The van der Waals surface area contributed by atoms with E-state index in [-0.39, 0.29) is 12.1 Å². The van der Waals surface area contributed by atoms with E-state index >= 15 is 0 Å². The van der Waals surface area contributed by atoms with E-state index in [4.69, 9.17) is 0 Å². The maximum atomic E-state index is 11.9. The molecule has 0 spiro atoms. The molecule has 0 radical (unpaired) electrons. The molecule has 3 atom stereocenters. The molecule has 0 aromatic carbocycles. The molecule has 1 saturated carbocycles. The lowest BCUT2D eigenvalue weighted by Gasteiger charge is -2.32. The zero-order valence-electron chi connectivity index (χ0n) is 12.3. The third-order valence-corrected chi connectivity index (χ3v) is 3.82. The summed E-state index contributed by atoms with van der Waals surface area (Å²) in [6.45, 7) is 7.53. The quantitative estimate of drug-likeness (QED) is 0.736. The number of carbonyl (C=O) groups is 2. The lowest BCUT2D eigenvalue weighted by molar-refractivity contribution is -0.141. The Morgan fingerprint density at radius 3 is 2.26 bits per heavy atom. The third-order valence-electron chi connectivity index (χ3n) is 3.82. The van der Waals surface area contributed by atoms with Crippen molar-refractivity contribution >= 4 is 12.0 Å². The van der Waals surface area contributed by atoms with Crippen molar-refractivity contribution in [2.24, 2.45) is 11.3 Å². The summed E-state index contributed by atoms with van der Waals surface area (Å²) >= 11 is 0. The van der Waals surface area contributed by atoms with Gasteiger partial charge in [0, 0.05) is 6.04 Å². The number of amides is 2. The van der Waals surface area contributed by atoms with Gasteiger partial charge in [-0.3, -0.25) is 0 Å². The SMILES string of the molecule is CC1CCCCC1NC(=O)N[C@H](C(=O)O)C(C)(C)C. The summed E-state index contributed by atoms with van der Waals surface area (Å²) in [6, 6.07) is -1.10. The molecule has 0 aromatic rings. The van der Waals surface area contributed by atoms with Gasteiger partial charge in [0.1, 0.15) is 6.04 Å². The van der Waals surface area contributed by atoms with E-state index < -0.39 is 17.4 Å². The Labute approximate surface area is 115 Å². The van der Waals surface area contributed by atoms with E-state index in [1.165, 1.54) is 6.42 Å². The largest absolute Gasteiger partial charge is 0.480 e. The van der Waals surface area contributed by atoms with Gasteiger partial charge in [-0.2, -0.15) is 0 Å². The third kappa shape index (κ3) is 4.73. The van der Waals surface area contributed by atoms with E-state index in [0.717, 1.165) is 19.3 Å². The van der Waals surface area contributed by atoms with E-state index in [0.29, 0.717) is 5.92 Å². The first-order valence-electron chi connectivity index (χ1n) is 7.01. The Bertz CT molecular complexity index is 336. The van der Waals surface area contributed by atoms with Crippen LogP contribution in [-0.2, 0) is 4.79 Å². The predicted molar refractivity (Wildman–Crippen MR) is 74.0 cm³/mol. The Morgan fingerprint density at radius 2 is 1.79 bits per heavy atom. The van der Waals surface area contributed by atoms with Crippen LogP contribution in [0.3, 0.4) is 0 Å². The normalized spacial score (nSPS) is 25.5. The van der Waals surface area contributed by atoms with Crippen molar-refractivity contribution in [3.05, 3.63) is 0 Å². The highest BCUT2D eigenvalue weighted by atomic mass is 16.4. The molecule has 1 aliphatic carbocycles. The maximum absolute atomic E-state index is 11.9. The first-order chi connectivity index (χ1) is 8.71. The van der Waals surface area contributed by atoms with Gasteiger partial charge in [-0.15, -0.1) is 0 Å². The molecular formula is C14H26N2O3. The maximum Gasteiger partial charge on any atom is 0.326 e. The van der Waals surface area contributed by atoms with Crippen molar-refractivity contribution < 1.29 is 14.7 Å². The molecule has 0 aliphatic heterocycles. The molecule has 0 bridgehead atoms. The zero-order valence-corrected chi connectivity index (χ0v) is 12.3. The minimum absolute atomic E-state index is 0.156. The number of urea groups is 1. The van der Waals surface area contributed by atoms with E-state index in [2.05, 4.69) is 17.6 Å². The number of hydrogen-bond donors (Lipinski definition) is 3. The van der Waals surface area contributed by atoms with Crippen LogP contribution in [-0.4, -0.2) is 29.2 Å². The monoisotopic (exact) mass is 270 g/mol. The molecule has 2 unspecified atom stereocenters. The fourth-order valence-electron chi connectivity index (χ4n) is 2.52. The number of nitrogens with one attached hydrogen (secondary N) is 2. The number of hydrogen-bond acceptors (Lipinski definition) is 2. The fourth-order valence-corrected chi connectivity index (χ4v) is 2.52. The van der Waals surface area contributed by atoms with Gasteiger partial charge in [0.25, 0.3) is 0 Å². The molecule has 2 amide bonds. The summed E-state index contributed by atoms with van der Waals surface area (Å²) in [5.41, 5.74) is -0.513. The highest BCUT2D eigenvalue weighted by Gasteiger charge is 2.33. The van der Waals surface area contributed by atoms with Gasteiger partial charge in [-0.25, -0.2) is 9.59 Å². The predicted octanol–water partition coefficient (Wildman–Crippen LogP) is 2.36. The summed E-state index contributed by atoms with van der Waals surface area (Å²) < 4.78 is 0. The smallest absolute Gasteiger partial charge is 0.326 e. The number of carbonyl (C=O) groups excluding carboxylic acids is 1. The Morgan fingerprint density at radius 1 is 1.21 bits per heavy atom. The van der Waals surface area contributed by atoms with Crippen LogP contribution in [0.15, 0.2) is 0 Å². The molecule has 1 aliphatic rings. The second-order valence-corrected chi connectivity index (χ2v) is 6.62. The molecule has 5 heteroatoms. The van der Waals surface area contributed by atoms with Gasteiger partial charge >= 0.3 is 12.0 Å².